The second-order valence-corrected chi connectivity index (χ2v) is 10.3. The topological polar surface area (TPSA) is 174 Å². The van der Waals surface area contributed by atoms with Gasteiger partial charge < -0.3 is 39.1 Å². The lowest BCUT2D eigenvalue weighted by Gasteiger charge is -2.18. The molecule has 15 heteroatoms. The van der Waals surface area contributed by atoms with E-state index in [0.29, 0.717) is 57.4 Å². The van der Waals surface area contributed by atoms with Gasteiger partial charge in [-0.05, 0) is 25.3 Å². The summed E-state index contributed by atoms with van der Waals surface area (Å²) in [5.41, 5.74) is 0.210. The number of nitro benzene ring substituents is 1. The Morgan fingerprint density at radius 3 is 2.32 bits per heavy atom. The second kappa shape index (κ2) is 22.1. The fraction of sp³-hybridized carbons (Fsp3) is 0.621. The minimum absolute atomic E-state index is 0.0352. The summed E-state index contributed by atoms with van der Waals surface area (Å²) in [5.74, 6) is 4.70. The van der Waals surface area contributed by atoms with Crippen LogP contribution >= 0.6 is 11.8 Å². The first-order valence-electron chi connectivity index (χ1n) is 14.2. The summed E-state index contributed by atoms with van der Waals surface area (Å²) in [6.07, 6.45) is 0.496. The highest BCUT2D eigenvalue weighted by atomic mass is 32.2. The zero-order valence-corrected chi connectivity index (χ0v) is 26.0. The molecule has 3 rings (SSSR count). The molecule has 2 bridgehead atoms. The van der Waals surface area contributed by atoms with Crippen molar-refractivity contribution in [1.82, 2.24) is 10.6 Å². The molecule has 1 unspecified atom stereocenters. The number of ether oxygens (including phenoxy) is 6. The molecule has 0 aromatic heterocycles. The molecular weight excluding hydrogens is 598 g/mol. The van der Waals surface area contributed by atoms with Crippen LogP contribution in [0, 0.1) is 22.0 Å². The van der Waals surface area contributed by atoms with Gasteiger partial charge in [-0.1, -0.05) is 5.92 Å². The highest BCUT2D eigenvalue weighted by Crippen LogP contribution is 2.36. The van der Waals surface area contributed by atoms with Crippen LogP contribution in [0.2, 0.25) is 0 Å². The van der Waals surface area contributed by atoms with Crippen molar-refractivity contribution in [3.05, 3.63) is 27.8 Å². The molecule has 2 heterocycles. The molecule has 244 valence electrons. The molecule has 0 radical (unpaired) electrons. The molecule has 1 aromatic rings. The Bertz CT molecular complexity index is 1140. The van der Waals surface area contributed by atoms with Crippen molar-refractivity contribution in [2.75, 3.05) is 78.9 Å². The highest BCUT2D eigenvalue weighted by molar-refractivity contribution is 7.98. The van der Waals surface area contributed by atoms with Gasteiger partial charge in [-0.15, -0.1) is 0 Å². The number of amides is 2. The molecule has 0 saturated carbocycles. The maximum atomic E-state index is 13.1. The Morgan fingerprint density at radius 1 is 1.07 bits per heavy atom. The second-order valence-electron chi connectivity index (χ2n) is 9.27. The molecule has 2 aliphatic heterocycles. The molecular formula is C29H41N3O11S. The Labute approximate surface area is 261 Å². The summed E-state index contributed by atoms with van der Waals surface area (Å²) in [5, 5.41) is 17.2. The Hall–Kier alpha value is -3.42. The summed E-state index contributed by atoms with van der Waals surface area (Å²) >= 11 is 1.26. The summed E-state index contributed by atoms with van der Waals surface area (Å²) < 4.78 is 32.9. The van der Waals surface area contributed by atoms with Crippen LogP contribution < -0.4 is 20.1 Å². The van der Waals surface area contributed by atoms with E-state index < -0.39 is 16.9 Å². The van der Waals surface area contributed by atoms with Gasteiger partial charge in [0.2, 0.25) is 5.91 Å². The number of Topliss-reactive ketones (excluding diaryl/α,β-unsaturated/α-hetero) is 1. The molecule has 0 spiro atoms. The van der Waals surface area contributed by atoms with Crippen LogP contribution in [0.5, 0.6) is 11.5 Å². The number of hydrogen-bond acceptors (Lipinski definition) is 12. The van der Waals surface area contributed by atoms with Crippen LogP contribution in [0.25, 0.3) is 0 Å². The first-order chi connectivity index (χ1) is 21.3. The predicted octanol–water partition coefficient (Wildman–Crippen LogP) is 1.66. The number of carbonyl (C=O) groups excluding carboxylic acids is 3. The van der Waals surface area contributed by atoms with Gasteiger partial charge in [-0.3, -0.25) is 24.5 Å². The smallest absolute Gasteiger partial charge is 0.295 e. The third-order valence-corrected chi connectivity index (χ3v) is 7.11. The summed E-state index contributed by atoms with van der Waals surface area (Å²) in [6, 6.07) is 1.99. The van der Waals surface area contributed by atoms with E-state index in [1.54, 1.807) is 6.92 Å². The fourth-order valence-electron chi connectivity index (χ4n) is 3.85. The Balaban J connectivity index is 2.12. The standard InChI is InChI=1S/C29H41N3O11S/c1-3-5-28(34)30-8-4-6-25(33)23-21-44-20-22-18-26(38-2)27(19-24(22)32(36)37)43-17-16-42-15-14-41-13-12-40-11-10-39-9-7-29(35)31-23/h18-19,23H,4,6-17,20-21H2,1-2H3,(H,30,34)(H,31,35). The van der Waals surface area contributed by atoms with Gasteiger partial charge in [0.25, 0.3) is 11.6 Å². The number of benzene rings is 1. The summed E-state index contributed by atoms with van der Waals surface area (Å²) in [6.45, 7) is 4.42. The number of rotatable bonds is 7. The molecule has 14 nitrogen and oxygen atoms in total. The lowest BCUT2D eigenvalue weighted by Crippen LogP contribution is -2.43. The van der Waals surface area contributed by atoms with E-state index in [0.717, 1.165) is 0 Å². The highest BCUT2D eigenvalue weighted by Gasteiger charge is 2.23. The molecule has 2 amide bonds. The van der Waals surface area contributed by atoms with Crippen LogP contribution in [-0.2, 0) is 39.1 Å². The van der Waals surface area contributed by atoms with Gasteiger partial charge in [-0.25, -0.2) is 0 Å². The van der Waals surface area contributed by atoms with Gasteiger partial charge in [0.15, 0.2) is 17.3 Å². The summed E-state index contributed by atoms with van der Waals surface area (Å²) in [4.78, 5) is 48.6. The van der Waals surface area contributed by atoms with Crippen LogP contribution in [-0.4, -0.2) is 107 Å². The third-order valence-electron chi connectivity index (χ3n) is 6.03. The van der Waals surface area contributed by atoms with Crippen LogP contribution in [0.15, 0.2) is 12.1 Å². The lowest BCUT2D eigenvalue weighted by molar-refractivity contribution is -0.385. The van der Waals surface area contributed by atoms with Crippen molar-refractivity contribution in [3.8, 4) is 23.3 Å². The summed E-state index contributed by atoms with van der Waals surface area (Å²) in [7, 11) is 1.44. The number of nitrogens with one attached hydrogen (secondary N) is 2. The van der Waals surface area contributed by atoms with E-state index in [4.69, 9.17) is 28.4 Å². The number of hydrogen-bond donors (Lipinski definition) is 2. The Morgan fingerprint density at radius 2 is 1.70 bits per heavy atom. The van der Waals surface area contributed by atoms with Gasteiger partial charge in [0.1, 0.15) is 6.61 Å². The normalized spacial score (nSPS) is 18.2. The van der Waals surface area contributed by atoms with Crippen LogP contribution in [0.3, 0.4) is 0 Å². The maximum Gasteiger partial charge on any atom is 0.295 e. The van der Waals surface area contributed by atoms with Crippen molar-refractivity contribution in [1.29, 1.82) is 0 Å². The van der Waals surface area contributed by atoms with Crippen molar-refractivity contribution >= 4 is 35.0 Å². The monoisotopic (exact) mass is 639 g/mol. The SMILES string of the molecule is CC#CC(=O)NCCCC(=O)C1CSCc2cc(OC)c(cc2[N+](=O)[O-])OCCOCCOCCOCCOCCC(=O)N1. The molecule has 1 atom stereocenters. The predicted molar refractivity (Wildman–Crippen MR) is 162 cm³/mol. The van der Waals surface area contributed by atoms with Gasteiger partial charge in [-0.2, -0.15) is 11.8 Å². The molecule has 0 aliphatic carbocycles. The van der Waals surface area contributed by atoms with Crippen LogP contribution in [0.1, 0.15) is 31.7 Å². The molecule has 0 saturated heterocycles. The molecule has 2 aliphatic rings. The zero-order valence-electron chi connectivity index (χ0n) is 25.2. The maximum absolute atomic E-state index is 13.1. The van der Waals surface area contributed by atoms with Gasteiger partial charge in [0, 0.05) is 36.5 Å². The number of thioether (sulfide) groups is 1. The molecule has 2 N–H and O–H groups in total. The Kier molecular flexibility index (Phi) is 18.5. The number of methoxy groups -OCH3 is 1. The van der Waals surface area contributed by atoms with Gasteiger partial charge in [0.05, 0.1) is 77.0 Å². The molecule has 1 aromatic carbocycles. The lowest BCUT2D eigenvalue weighted by atomic mass is 10.1. The van der Waals surface area contributed by atoms with Crippen LogP contribution in [0.4, 0.5) is 5.69 Å². The minimum Gasteiger partial charge on any atom is -0.493 e. The average Bonchev–Trinajstić information content (AvgIpc) is 3.00. The van der Waals surface area contributed by atoms with E-state index in [-0.39, 0.29) is 73.8 Å². The quantitative estimate of drug-likeness (QED) is 0.145. The fourth-order valence-corrected chi connectivity index (χ4v) is 4.93. The van der Waals surface area contributed by atoms with E-state index >= 15 is 0 Å². The zero-order chi connectivity index (χ0) is 32.0. The van der Waals surface area contributed by atoms with Crippen molar-refractivity contribution in [2.24, 2.45) is 0 Å². The van der Waals surface area contributed by atoms with E-state index in [1.165, 1.54) is 31.0 Å². The van der Waals surface area contributed by atoms with E-state index in [1.807, 2.05) is 0 Å². The molecule has 0 fully saturated rings. The van der Waals surface area contributed by atoms with E-state index in [2.05, 4.69) is 22.5 Å². The number of ketones is 1. The van der Waals surface area contributed by atoms with Crippen molar-refractivity contribution in [2.45, 2.75) is 38.0 Å². The van der Waals surface area contributed by atoms with Crippen molar-refractivity contribution in [3.63, 3.8) is 0 Å². The number of carbonyl (C=O) groups is 3. The van der Waals surface area contributed by atoms with Crippen molar-refractivity contribution < 1.29 is 47.7 Å². The minimum atomic E-state index is -0.847. The first-order valence-corrected chi connectivity index (χ1v) is 15.4. The average molecular weight is 640 g/mol. The largest absolute Gasteiger partial charge is 0.493 e. The number of nitro groups is 1. The third kappa shape index (κ3) is 14.8. The molecule has 44 heavy (non-hydrogen) atoms. The van der Waals surface area contributed by atoms with E-state index in [9.17, 15) is 24.5 Å². The first kappa shape index (κ1) is 36.8. The number of fused-ring (bicyclic) bond motifs is 22. The van der Waals surface area contributed by atoms with Gasteiger partial charge >= 0.3 is 0 Å². The number of nitrogens with zero attached hydrogens (tertiary/aromatic N) is 1.